The first-order chi connectivity index (χ1) is 7.22. The molecule has 0 bridgehead atoms. The lowest BCUT2D eigenvalue weighted by atomic mass is 10.3. The van der Waals surface area contributed by atoms with Crippen LogP contribution >= 0.6 is 22.6 Å². The van der Waals surface area contributed by atoms with Gasteiger partial charge in [-0.3, -0.25) is 0 Å². The Morgan fingerprint density at radius 3 is 2.60 bits per heavy atom. The van der Waals surface area contributed by atoms with Crippen molar-refractivity contribution in [2.75, 3.05) is 5.73 Å². The van der Waals surface area contributed by atoms with Crippen LogP contribution in [0.3, 0.4) is 0 Å². The Balaban J connectivity index is 2.49. The van der Waals surface area contributed by atoms with E-state index in [0.717, 1.165) is 17.8 Å². The van der Waals surface area contributed by atoms with Crippen molar-refractivity contribution in [1.29, 1.82) is 0 Å². The number of benzene rings is 1. The number of rotatable bonds is 2. The summed E-state index contributed by atoms with van der Waals surface area (Å²) in [6.07, 6.45) is 0.824. The van der Waals surface area contributed by atoms with Crippen molar-refractivity contribution < 1.29 is 0 Å². The predicted octanol–water partition coefficient (Wildman–Crippen LogP) is 2.02. The topological polar surface area (TPSA) is 56.7 Å². The van der Waals surface area contributed by atoms with Gasteiger partial charge in [-0.05, 0) is 53.3 Å². The number of anilines is 1. The van der Waals surface area contributed by atoms with Crippen LogP contribution in [0.2, 0.25) is 0 Å². The molecule has 4 nitrogen and oxygen atoms in total. The first-order valence-electron chi connectivity index (χ1n) is 4.68. The van der Waals surface area contributed by atoms with E-state index in [2.05, 4.69) is 32.9 Å². The number of aromatic nitrogens is 3. The Bertz CT molecular complexity index is 461. The molecule has 0 atom stereocenters. The van der Waals surface area contributed by atoms with Crippen molar-refractivity contribution >= 4 is 28.4 Å². The predicted molar refractivity (Wildman–Crippen MR) is 67.9 cm³/mol. The van der Waals surface area contributed by atoms with Crippen molar-refractivity contribution in [3.63, 3.8) is 0 Å². The molecule has 2 aromatic rings. The average molecular weight is 314 g/mol. The average Bonchev–Trinajstić information content (AvgIpc) is 2.61. The molecule has 0 saturated heterocycles. The number of nitrogens with zero attached hydrogens (tertiary/aromatic N) is 3. The third-order valence-corrected chi connectivity index (χ3v) is 2.92. The van der Waals surface area contributed by atoms with Crippen LogP contribution in [-0.2, 0) is 6.42 Å². The lowest BCUT2D eigenvalue weighted by Crippen LogP contribution is -2.02. The zero-order valence-corrected chi connectivity index (χ0v) is 10.5. The molecule has 0 unspecified atom stereocenters. The molecule has 0 aliphatic carbocycles. The lowest BCUT2D eigenvalue weighted by Gasteiger charge is -2.04. The van der Waals surface area contributed by atoms with Gasteiger partial charge in [-0.25, -0.2) is 4.68 Å². The Hall–Kier alpha value is -1.11. The molecule has 0 radical (unpaired) electrons. The first-order valence-corrected chi connectivity index (χ1v) is 5.76. The molecule has 1 heterocycles. The number of nitrogens with two attached hydrogens (primary N) is 1. The highest BCUT2D eigenvalue weighted by Gasteiger charge is 2.08. The summed E-state index contributed by atoms with van der Waals surface area (Å²) in [4.78, 5) is 0. The highest BCUT2D eigenvalue weighted by Crippen LogP contribution is 2.16. The first kappa shape index (κ1) is 10.4. The molecular formula is C10H11IN4. The molecule has 15 heavy (non-hydrogen) atoms. The van der Waals surface area contributed by atoms with E-state index in [1.165, 1.54) is 3.57 Å². The van der Waals surface area contributed by atoms with Crippen LogP contribution in [0, 0.1) is 3.57 Å². The number of hydrogen-bond acceptors (Lipinski definition) is 3. The SMILES string of the molecule is CCc1c(N)nnn1-c1ccc(I)cc1. The highest BCUT2D eigenvalue weighted by molar-refractivity contribution is 14.1. The van der Waals surface area contributed by atoms with Gasteiger partial charge in [0.15, 0.2) is 5.82 Å². The van der Waals surface area contributed by atoms with Gasteiger partial charge in [0.2, 0.25) is 0 Å². The molecule has 2 rings (SSSR count). The third kappa shape index (κ3) is 1.97. The van der Waals surface area contributed by atoms with Gasteiger partial charge in [-0.1, -0.05) is 12.1 Å². The molecular weight excluding hydrogens is 303 g/mol. The van der Waals surface area contributed by atoms with E-state index in [0.29, 0.717) is 5.82 Å². The molecule has 5 heteroatoms. The van der Waals surface area contributed by atoms with Gasteiger partial charge in [0.05, 0.1) is 11.4 Å². The Kier molecular flexibility index (Phi) is 2.90. The fourth-order valence-electron chi connectivity index (χ4n) is 1.43. The maximum Gasteiger partial charge on any atom is 0.169 e. The van der Waals surface area contributed by atoms with E-state index in [1.807, 2.05) is 31.2 Å². The zero-order valence-electron chi connectivity index (χ0n) is 8.31. The van der Waals surface area contributed by atoms with E-state index in [1.54, 1.807) is 4.68 Å². The molecule has 0 saturated carbocycles. The normalized spacial score (nSPS) is 10.5. The van der Waals surface area contributed by atoms with Gasteiger partial charge in [0.25, 0.3) is 0 Å². The van der Waals surface area contributed by atoms with Crippen molar-refractivity contribution in [3.8, 4) is 5.69 Å². The van der Waals surface area contributed by atoms with Crippen LogP contribution in [0.25, 0.3) is 5.69 Å². The quantitative estimate of drug-likeness (QED) is 0.863. The monoisotopic (exact) mass is 314 g/mol. The van der Waals surface area contributed by atoms with Crippen LogP contribution in [-0.4, -0.2) is 15.0 Å². The molecule has 0 spiro atoms. The summed E-state index contributed by atoms with van der Waals surface area (Å²) in [5.41, 5.74) is 7.67. The minimum atomic E-state index is 0.510. The van der Waals surface area contributed by atoms with Crippen molar-refractivity contribution in [2.24, 2.45) is 0 Å². The van der Waals surface area contributed by atoms with Crippen molar-refractivity contribution in [2.45, 2.75) is 13.3 Å². The molecule has 0 fully saturated rings. The number of halogens is 1. The summed E-state index contributed by atoms with van der Waals surface area (Å²) in [6.45, 7) is 2.04. The molecule has 1 aromatic heterocycles. The number of hydrogen-bond donors (Lipinski definition) is 1. The second-order valence-electron chi connectivity index (χ2n) is 3.16. The summed E-state index contributed by atoms with van der Waals surface area (Å²) in [5, 5.41) is 7.90. The van der Waals surface area contributed by atoms with E-state index in [9.17, 15) is 0 Å². The van der Waals surface area contributed by atoms with Crippen LogP contribution < -0.4 is 5.73 Å². The van der Waals surface area contributed by atoms with Crippen molar-refractivity contribution in [3.05, 3.63) is 33.5 Å². The van der Waals surface area contributed by atoms with Crippen LogP contribution in [0.15, 0.2) is 24.3 Å². The van der Waals surface area contributed by atoms with E-state index < -0.39 is 0 Å². The summed E-state index contributed by atoms with van der Waals surface area (Å²) < 4.78 is 2.98. The van der Waals surface area contributed by atoms with Gasteiger partial charge in [0, 0.05) is 3.57 Å². The highest BCUT2D eigenvalue weighted by atomic mass is 127. The molecule has 0 aliphatic rings. The molecule has 1 aromatic carbocycles. The largest absolute Gasteiger partial charge is 0.381 e. The summed E-state index contributed by atoms with van der Waals surface area (Å²) in [5.74, 6) is 0.510. The van der Waals surface area contributed by atoms with Gasteiger partial charge in [0.1, 0.15) is 0 Å². The Morgan fingerprint density at radius 2 is 2.00 bits per heavy atom. The minimum Gasteiger partial charge on any atom is -0.381 e. The zero-order chi connectivity index (χ0) is 10.8. The fourth-order valence-corrected chi connectivity index (χ4v) is 1.79. The van der Waals surface area contributed by atoms with Gasteiger partial charge in [-0.2, -0.15) is 0 Å². The summed E-state index contributed by atoms with van der Waals surface area (Å²) in [6, 6.07) is 8.09. The van der Waals surface area contributed by atoms with E-state index >= 15 is 0 Å². The minimum absolute atomic E-state index is 0.510. The van der Waals surface area contributed by atoms with Gasteiger partial charge in [-0.15, -0.1) is 5.10 Å². The third-order valence-electron chi connectivity index (χ3n) is 2.20. The second-order valence-corrected chi connectivity index (χ2v) is 4.41. The maximum atomic E-state index is 5.72. The standard InChI is InChI=1S/C10H11IN4/c1-2-9-10(12)13-14-15(9)8-5-3-7(11)4-6-8/h3-6H,2,12H2,1H3. The molecule has 78 valence electrons. The summed E-state index contributed by atoms with van der Waals surface area (Å²) in [7, 11) is 0. The van der Waals surface area contributed by atoms with E-state index in [4.69, 9.17) is 5.73 Å². The van der Waals surface area contributed by atoms with Gasteiger partial charge < -0.3 is 5.73 Å². The molecule has 0 aliphatic heterocycles. The van der Waals surface area contributed by atoms with Crippen molar-refractivity contribution in [1.82, 2.24) is 15.0 Å². The molecule has 0 amide bonds. The lowest BCUT2D eigenvalue weighted by molar-refractivity contribution is 0.767. The van der Waals surface area contributed by atoms with E-state index in [-0.39, 0.29) is 0 Å². The summed E-state index contributed by atoms with van der Waals surface area (Å²) >= 11 is 2.27. The smallest absolute Gasteiger partial charge is 0.169 e. The fraction of sp³-hybridized carbons (Fsp3) is 0.200. The Labute approximate surface area is 102 Å². The number of nitrogen functional groups attached to an aromatic ring is 1. The molecule has 2 N–H and O–H groups in total. The maximum absolute atomic E-state index is 5.72. The Morgan fingerprint density at radius 1 is 1.33 bits per heavy atom. The second kappa shape index (κ2) is 4.18. The van der Waals surface area contributed by atoms with Crippen LogP contribution in [0.1, 0.15) is 12.6 Å². The van der Waals surface area contributed by atoms with Crippen LogP contribution in [0.5, 0.6) is 0 Å². The van der Waals surface area contributed by atoms with Gasteiger partial charge >= 0.3 is 0 Å². The van der Waals surface area contributed by atoms with Crippen LogP contribution in [0.4, 0.5) is 5.82 Å².